The third-order valence-electron chi connectivity index (χ3n) is 9.26. The van der Waals surface area contributed by atoms with Crippen molar-refractivity contribution in [3.8, 4) is 17.2 Å². The van der Waals surface area contributed by atoms with Crippen LogP contribution in [0, 0.1) is 6.92 Å². The van der Waals surface area contributed by atoms with Gasteiger partial charge in [0, 0.05) is 55.1 Å². The topological polar surface area (TPSA) is 135 Å². The van der Waals surface area contributed by atoms with Crippen molar-refractivity contribution in [2.75, 3.05) is 58.4 Å². The van der Waals surface area contributed by atoms with Gasteiger partial charge in [-0.15, -0.1) is 0 Å². The Balaban J connectivity index is 0.961. The van der Waals surface area contributed by atoms with Gasteiger partial charge >= 0.3 is 0 Å². The summed E-state index contributed by atoms with van der Waals surface area (Å²) >= 11 is 3.56. The summed E-state index contributed by atoms with van der Waals surface area (Å²) in [6.45, 7) is 8.00. The first-order valence-corrected chi connectivity index (χ1v) is 18.0. The third kappa shape index (κ3) is 9.14. The predicted molar refractivity (Wildman–Crippen MR) is 197 cm³/mol. The second kappa shape index (κ2) is 16.5. The summed E-state index contributed by atoms with van der Waals surface area (Å²) in [6, 6.07) is 19.2. The van der Waals surface area contributed by atoms with Crippen molar-refractivity contribution >= 4 is 50.4 Å². The molecule has 2 aliphatic rings. The molecule has 2 atom stereocenters. The third-order valence-corrected chi connectivity index (χ3v) is 9.75. The smallest absolute Gasteiger partial charge is 0.260 e. The summed E-state index contributed by atoms with van der Waals surface area (Å²) in [6.07, 6.45) is 1.58. The van der Waals surface area contributed by atoms with Crippen LogP contribution in [0.25, 0.3) is 10.9 Å². The van der Waals surface area contributed by atoms with Crippen molar-refractivity contribution < 1.29 is 28.6 Å². The average Bonchev–Trinajstić information content (AvgIpc) is 3.12. The number of piperidine rings is 1. The SMILES string of the molecule is COc1cc2c(N[C@H](C)c3cccc(Br)c3)nc(C)nc2cc1OCCCN1CCN(C(=O)COc2cccc(C3CCC(=O)NC3=O)c2)CC1. The number of methoxy groups -OCH3 is 1. The van der Waals surface area contributed by atoms with Gasteiger partial charge in [-0.3, -0.25) is 24.6 Å². The second-order valence-corrected chi connectivity index (χ2v) is 13.8. The van der Waals surface area contributed by atoms with Gasteiger partial charge in [0.1, 0.15) is 17.4 Å². The fraction of sp³-hybridized carbons (Fsp3) is 0.395. The molecular weight excluding hydrogens is 716 g/mol. The normalized spacial score (nSPS) is 17.2. The number of aryl methyl sites for hydroxylation is 1. The summed E-state index contributed by atoms with van der Waals surface area (Å²) in [4.78, 5) is 50.2. The lowest BCUT2D eigenvalue weighted by Gasteiger charge is -2.34. The number of hydrogen-bond acceptors (Lipinski definition) is 10. The number of benzene rings is 3. The van der Waals surface area contributed by atoms with Gasteiger partial charge in [0.15, 0.2) is 18.1 Å². The average molecular weight is 760 g/mol. The highest BCUT2D eigenvalue weighted by Gasteiger charge is 2.28. The summed E-state index contributed by atoms with van der Waals surface area (Å²) in [5.41, 5.74) is 2.68. The van der Waals surface area contributed by atoms with E-state index in [-0.39, 0.29) is 30.4 Å². The predicted octanol–water partition coefficient (Wildman–Crippen LogP) is 5.39. The van der Waals surface area contributed by atoms with Gasteiger partial charge in [-0.05, 0) is 68.1 Å². The number of anilines is 1. The summed E-state index contributed by atoms with van der Waals surface area (Å²) in [5.74, 6) is 2.14. The molecule has 268 valence electrons. The van der Waals surface area contributed by atoms with E-state index in [1.54, 1.807) is 25.3 Å². The minimum atomic E-state index is -0.401. The number of imide groups is 1. The number of nitrogens with one attached hydrogen (secondary N) is 2. The number of hydrogen-bond donors (Lipinski definition) is 2. The van der Waals surface area contributed by atoms with Crippen LogP contribution in [-0.2, 0) is 14.4 Å². The molecule has 12 nitrogen and oxygen atoms in total. The maximum Gasteiger partial charge on any atom is 0.260 e. The van der Waals surface area contributed by atoms with E-state index in [0.29, 0.717) is 55.6 Å². The lowest BCUT2D eigenvalue weighted by molar-refractivity contribution is -0.136. The molecule has 0 radical (unpaired) electrons. The van der Waals surface area contributed by atoms with Gasteiger partial charge in [-0.1, -0.05) is 40.2 Å². The number of amides is 3. The molecule has 0 saturated carbocycles. The van der Waals surface area contributed by atoms with Crippen LogP contribution in [0.15, 0.2) is 65.1 Å². The van der Waals surface area contributed by atoms with Crippen LogP contribution < -0.4 is 24.8 Å². The molecule has 1 aromatic heterocycles. The van der Waals surface area contributed by atoms with E-state index < -0.39 is 5.92 Å². The largest absolute Gasteiger partial charge is 0.493 e. The molecule has 3 heterocycles. The van der Waals surface area contributed by atoms with Gasteiger partial charge in [0.25, 0.3) is 5.91 Å². The Morgan fingerprint density at radius 3 is 2.59 bits per heavy atom. The summed E-state index contributed by atoms with van der Waals surface area (Å²) < 4.78 is 18.8. The van der Waals surface area contributed by atoms with Gasteiger partial charge in [0.05, 0.1) is 31.2 Å². The number of nitrogens with zero attached hydrogens (tertiary/aromatic N) is 4. The fourth-order valence-corrected chi connectivity index (χ4v) is 6.88. The van der Waals surface area contributed by atoms with Crippen LogP contribution >= 0.6 is 15.9 Å². The molecule has 13 heteroatoms. The van der Waals surface area contributed by atoms with Gasteiger partial charge in [-0.25, -0.2) is 9.97 Å². The van der Waals surface area contributed by atoms with E-state index in [1.807, 2.05) is 42.2 Å². The number of carbonyl (C=O) groups excluding carboxylic acids is 3. The van der Waals surface area contributed by atoms with Crippen LogP contribution in [0.2, 0.25) is 0 Å². The second-order valence-electron chi connectivity index (χ2n) is 12.8. The molecule has 1 unspecified atom stereocenters. The Morgan fingerprint density at radius 2 is 1.82 bits per heavy atom. The molecule has 3 amide bonds. The zero-order valence-electron chi connectivity index (χ0n) is 29.1. The highest BCUT2D eigenvalue weighted by molar-refractivity contribution is 9.10. The maximum absolute atomic E-state index is 12.9. The van der Waals surface area contributed by atoms with Crippen LogP contribution in [0.5, 0.6) is 17.2 Å². The maximum atomic E-state index is 12.9. The van der Waals surface area contributed by atoms with Crippen molar-refractivity contribution in [1.82, 2.24) is 25.1 Å². The quantitative estimate of drug-likeness (QED) is 0.135. The number of piperazine rings is 1. The zero-order chi connectivity index (χ0) is 35.9. The fourth-order valence-electron chi connectivity index (χ4n) is 6.46. The van der Waals surface area contributed by atoms with Crippen molar-refractivity contribution in [1.29, 1.82) is 0 Å². The Hall–Kier alpha value is -4.75. The molecule has 0 aliphatic carbocycles. The summed E-state index contributed by atoms with van der Waals surface area (Å²) in [5, 5.41) is 6.78. The monoisotopic (exact) mass is 758 g/mol. The van der Waals surface area contributed by atoms with Crippen molar-refractivity contribution in [2.45, 2.75) is 45.1 Å². The van der Waals surface area contributed by atoms with E-state index in [1.165, 1.54) is 0 Å². The van der Waals surface area contributed by atoms with Crippen LogP contribution in [0.4, 0.5) is 5.82 Å². The molecule has 3 aromatic carbocycles. The van der Waals surface area contributed by atoms with E-state index >= 15 is 0 Å². The van der Waals surface area contributed by atoms with E-state index in [9.17, 15) is 14.4 Å². The van der Waals surface area contributed by atoms with Crippen molar-refractivity contribution in [3.63, 3.8) is 0 Å². The van der Waals surface area contributed by atoms with Gasteiger partial charge in [-0.2, -0.15) is 0 Å². The van der Waals surface area contributed by atoms with Crippen molar-refractivity contribution in [3.05, 3.63) is 82.1 Å². The molecule has 6 rings (SSSR count). The molecule has 2 aliphatic heterocycles. The lowest BCUT2D eigenvalue weighted by Crippen LogP contribution is -2.50. The molecule has 0 spiro atoms. The standard InChI is InChI=1S/C38H43BrN6O6/c1-24(26-7-4-9-28(39)19-26)40-37-31-21-33(49-3)34(22-32(31)41-25(2)42-37)50-18-6-13-44-14-16-45(17-15-44)36(47)23-51-29-10-5-8-27(20-29)30-11-12-35(46)43-38(30)48/h4-5,7-10,19-22,24,30H,6,11-18,23H2,1-3H3,(H,40,41,42)(H,43,46,48)/t24-,30?/m1/s1. The number of carbonyl (C=O) groups is 3. The number of fused-ring (bicyclic) bond motifs is 1. The highest BCUT2D eigenvalue weighted by atomic mass is 79.9. The van der Waals surface area contributed by atoms with Crippen LogP contribution in [-0.4, -0.2) is 90.5 Å². The lowest BCUT2D eigenvalue weighted by atomic mass is 9.90. The highest BCUT2D eigenvalue weighted by Crippen LogP contribution is 2.36. The summed E-state index contributed by atoms with van der Waals surface area (Å²) in [7, 11) is 1.63. The molecule has 2 N–H and O–H groups in total. The van der Waals surface area contributed by atoms with Crippen LogP contribution in [0.3, 0.4) is 0 Å². The van der Waals surface area contributed by atoms with Crippen molar-refractivity contribution in [2.24, 2.45) is 0 Å². The number of rotatable bonds is 13. The molecule has 51 heavy (non-hydrogen) atoms. The Bertz CT molecular complexity index is 1900. The Morgan fingerprint density at radius 1 is 1.02 bits per heavy atom. The molecule has 4 aromatic rings. The zero-order valence-corrected chi connectivity index (χ0v) is 30.7. The Labute approximate surface area is 306 Å². The first kappa shape index (κ1) is 36.1. The first-order chi connectivity index (χ1) is 24.7. The number of aromatic nitrogens is 2. The minimum absolute atomic E-state index is 0.0200. The van der Waals surface area contributed by atoms with Gasteiger partial charge < -0.3 is 24.4 Å². The molecule has 2 fully saturated rings. The minimum Gasteiger partial charge on any atom is -0.493 e. The Kier molecular flexibility index (Phi) is 11.7. The first-order valence-electron chi connectivity index (χ1n) is 17.2. The molecule has 0 bridgehead atoms. The number of halogens is 1. The number of ether oxygens (including phenoxy) is 3. The van der Waals surface area contributed by atoms with E-state index in [0.717, 1.165) is 58.4 Å². The molecular formula is C38H43BrN6O6. The van der Waals surface area contributed by atoms with E-state index in [2.05, 4.69) is 55.5 Å². The van der Waals surface area contributed by atoms with Crippen LogP contribution in [0.1, 0.15) is 55.1 Å². The van der Waals surface area contributed by atoms with E-state index in [4.69, 9.17) is 19.2 Å². The molecule has 2 saturated heterocycles. The van der Waals surface area contributed by atoms with Gasteiger partial charge in [0.2, 0.25) is 11.8 Å².